The Morgan fingerprint density at radius 1 is 1.17 bits per heavy atom. The number of benzene rings is 1. The topological polar surface area (TPSA) is 46.6 Å². The van der Waals surface area contributed by atoms with Crippen molar-refractivity contribution in [3.8, 4) is 5.75 Å². The molecule has 23 heavy (non-hydrogen) atoms. The standard InChI is InChI=1S/C19H25NO3/c1-3-17(21)20(18(22)4-2)11-9-14-6-5-13-7-8-16-15(19(13)14)10-12-23-16/h7-8,14H,3-6,9-12H2,1-2H3. The van der Waals surface area contributed by atoms with Crippen molar-refractivity contribution in [1.82, 2.24) is 4.90 Å². The van der Waals surface area contributed by atoms with Crippen LogP contribution in [0.3, 0.4) is 0 Å². The van der Waals surface area contributed by atoms with E-state index in [9.17, 15) is 9.59 Å². The Hall–Kier alpha value is -1.84. The zero-order valence-electron chi connectivity index (χ0n) is 14.1. The van der Waals surface area contributed by atoms with E-state index in [0.29, 0.717) is 25.3 Å². The molecule has 0 bridgehead atoms. The molecule has 1 atom stereocenters. The van der Waals surface area contributed by atoms with Crippen LogP contribution in [0.15, 0.2) is 12.1 Å². The number of carbonyl (C=O) groups is 2. The molecule has 4 nitrogen and oxygen atoms in total. The monoisotopic (exact) mass is 315 g/mol. The Morgan fingerprint density at radius 3 is 2.61 bits per heavy atom. The average molecular weight is 315 g/mol. The lowest BCUT2D eigenvalue weighted by Gasteiger charge is -2.22. The lowest BCUT2D eigenvalue weighted by molar-refractivity contribution is -0.144. The lowest BCUT2D eigenvalue weighted by atomic mass is 9.91. The van der Waals surface area contributed by atoms with Gasteiger partial charge in [-0.05, 0) is 42.4 Å². The molecule has 0 radical (unpaired) electrons. The predicted molar refractivity (Wildman–Crippen MR) is 88.6 cm³/mol. The number of carbonyl (C=O) groups excluding carboxylic acids is 2. The van der Waals surface area contributed by atoms with Crippen molar-refractivity contribution < 1.29 is 14.3 Å². The van der Waals surface area contributed by atoms with Gasteiger partial charge in [-0.3, -0.25) is 14.5 Å². The summed E-state index contributed by atoms with van der Waals surface area (Å²) < 4.78 is 5.69. The Bertz CT molecular complexity index is 607. The fourth-order valence-electron chi connectivity index (χ4n) is 3.89. The molecule has 124 valence electrons. The predicted octanol–water partition coefficient (Wildman–Crippen LogP) is 3.22. The number of aryl methyl sites for hydroxylation is 1. The molecule has 0 N–H and O–H groups in total. The van der Waals surface area contributed by atoms with Gasteiger partial charge in [0.15, 0.2) is 0 Å². The van der Waals surface area contributed by atoms with Gasteiger partial charge in [0.05, 0.1) is 6.61 Å². The molecule has 2 aliphatic rings. The second-order valence-corrected chi connectivity index (χ2v) is 6.38. The van der Waals surface area contributed by atoms with Crippen LogP contribution in [0.2, 0.25) is 0 Å². The fourth-order valence-corrected chi connectivity index (χ4v) is 3.89. The molecule has 1 aromatic carbocycles. The van der Waals surface area contributed by atoms with E-state index in [1.165, 1.54) is 21.6 Å². The van der Waals surface area contributed by atoms with Crippen molar-refractivity contribution in [1.29, 1.82) is 0 Å². The lowest BCUT2D eigenvalue weighted by Crippen LogP contribution is -2.37. The second kappa shape index (κ2) is 6.73. The van der Waals surface area contributed by atoms with Gasteiger partial charge in [-0.25, -0.2) is 0 Å². The molecule has 2 amide bonds. The summed E-state index contributed by atoms with van der Waals surface area (Å²) >= 11 is 0. The molecule has 0 saturated carbocycles. The Balaban J connectivity index is 1.75. The van der Waals surface area contributed by atoms with Crippen LogP contribution in [-0.4, -0.2) is 29.9 Å². The van der Waals surface area contributed by atoms with E-state index < -0.39 is 0 Å². The van der Waals surface area contributed by atoms with Crippen molar-refractivity contribution in [2.75, 3.05) is 13.2 Å². The highest BCUT2D eigenvalue weighted by molar-refractivity contribution is 5.95. The molecule has 0 fully saturated rings. The summed E-state index contributed by atoms with van der Waals surface area (Å²) in [6.07, 6.45) is 4.82. The van der Waals surface area contributed by atoms with Gasteiger partial charge >= 0.3 is 0 Å². The number of ether oxygens (including phenoxy) is 1. The van der Waals surface area contributed by atoms with E-state index in [0.717, 1.165) is 38.0 Å². The maximum absolute atomic E-state index is 12.0. The summed E-state index contributed by atoms with van der Waals surface area (Å²) in [6, 6.07) is 4.28. The Labute approximate surface area is 137 Å². The highest BCUT2D eigenvalue weighted by Gasteiger charge is 2.30. The summed E-state index contributed by atoms with van der Waals surface area (Å²) in [5.74, 6) is 1.36. The zero-order chi connectivity index (χ0) is 16.4. The zero-order valence-corrected chi connectivity index (χ0v) is 14.1. The highest BCUT2D eigenvalue weighted by Crippen LogP contribution is 2.43. The number of rotatable bonds is 5. The fraction of sp³-hybridized carbons (Fsp3) is 0.579. The van der Waals surface area contributed by atoms with Crippen LogP contribution in [0.25, 0.3) is 0 Å². The minimum Gasteiger partial charge on any atom is -0.493 e. The van der Waals surface area contributed by atoms with Gasteiger partial charge in [-0.1, -0.05) is 19.9 Å². The minimum atomic E-state index is -0.0586. The molecular formula is C19H25NO3. The third kappa shape index (κ3) is 2.99. The van der Waals surface area contributed by atoms with Gasteiger partial charge in [0, 0.05) is 31.4 Å². The normalized spacial score (nSPS) is 18.3. The van der Waals surface area contributed by atoms with Crippen LogP contribution in [0.5, 0.6) is 5.75 Å². The number of hydrogen-bond donors (Lipinski definition) is 0. The third-order valence-electron chi connectivity index (χ3n) is 5.09. The van der Waals surface area contributed by atoms with Crippen LogP contribution in [0.1, 0.15) is 62.1 Å². The quantitative estimate of drug-likeness (QED) is 0.838. The molecule has 1 unspecified atom stereocenters. The number of hydrogen-bond acceptors (Lipinski definition) is 3. The van der Waals surface area contributed by atoms with Crippen LogP contribution in [0.4, 0.5) is 0 Å². The van der Waals surface area contributed by atoms with E-state index in [1.807, 2.05) is 13.8 Å². The maximum atomic E-state index is 12.0. The number of fused-ring (bicyclic) bond motifs is 3. The first kappa shape index (κ1) is 16.0. The summed E-state index contributed by atoms with van der Waals surface area (Å²) in [4.78, 5) is 25.5. The summed E-state index contributed by atoms with van der Waals surface area (Å²) in [5, 5.41) is 0. The van der Waals surface area contributed by atoms with Crippen molar-refractivity contribution in [2.45, 2.75) is 58.3 Å². The first-order valence-corrected chi connectivity index (χ1v) is 8.76. The number of amides is 2. The molecule has 0 aromatic heterocycles. The first-order chi connectivity index (χ1) is 11.2. The van der Waals surface area contributed by atoms with Gasteiger partial charge in [-0.2, -0.15) is 0 Å². The maximum Gasteiger partial charge on any atom is 0.228 e. The summed E-state index contributed by atoms with van der Waals surface area (Å²) in [7, 11) is 0. The Morgan fingerprint density at radius 2 is 1.91 bits per heavy atom. The van der Waals surface area contributed by atoms with Crippen LogP contribution < -0.4 is 4.74 Å². The van der Waals surface area contributed by atoms with E-state index in [1.54, 1.807) is 0 Å². The Kier molecular flexibility index (Phi) is 4.69. The molecule has 1 aliphatic carbocycles. The number of imide groups is 1. The van der Waals surface area contributed by atoms with Crippen LogP contribution >= 0.6 is 0 Å². The molecular weight excluding hydrogens is 290 g/mol. The summed E-state index contributed by atoms with van der Waals surface area (Å²) in [5.41, 5.74) is 4.22. The van der Waals surface area contributed by atoms with Gasteiger partial charge in [0.1, 0.15) is 5.75 Å². The smallest absolute Gasteiger partial charge is 0.228 e. The van der Waals surface area contributed by atoms with E-state index in [2.05, 4.69) is 12.1 Å². The SMILES string of the molecule is CCC(=O)N(CCC1CCc2ccc3c(c21)CCO3)C(=O)CC. The van der Waals surface area contributed by atoms with E-state index in [-0.39, 0.29) is 11.8 Å². The van der Waals surface area contributed by atoms with Gasteiger partial charge in [0.2, 0.25) is 11.8 Å². The van der Waals surface area contributed by atoms with Crippen molar-refractivity contribution >= 4 is 11.8 Å². The van der Waals surface area contributed by atoms with Gasteiger partial charge in [0.25, 0.3) is 0 Å². The molecule has 1 aromatic rings. The van der Waals surface area contributed by atoms with Crippen molar-refractivity contribution in [2.24, 2.45) is 0 Å². The molecule has 1 aliphatic heterocycles. The molecule has 0 saturated heterocycles. The largest absolute Gasteiger partial charge is 0.493 e. The highest BCUT2D eigenvalue weighted by atomic mass is 16.5. The van der Waals surface area contributed by atoms with Crippen LogP contribution in [0, 0.1) is 0 Å². The van der Waals surface area contributed by atoms with E-state index >= 15 is 0 Å². The molecule has 4 heteroatoms. The average Bonchev–Trinajstić information content (AvgIpc) is 3.20. The van der Waals surface area contributed by atoms with Crippen molar-refractivity contribution in [3.05, 3.63) is 28.8 Å². The summed E-state index contributed by atoms with van der Waals surface area (Å²) in [6.45, 7) is 4.93. The van der Waals surface area contributed by atoms with Crippen molar-refractivity contribution in [3.63, 3.8) is 0 Å². The number of nitrogens with zero attached hydrogens (tertiary/aromatic N) is 1. The molecule has 1 heterocycles. The van der Waals surface area contributed by atoms with Crippen LogP contribution in [-0.2, 0) is 22.4 Å². The van der Waals surface area contributed by atoms with E-state index in [4.69, 9.17) is 4.74 Å². The molecule has 3 rings (SSSR count). The first-order valence-electron chi connectivity index (χ1n) is 8.76. The third-order valence-corrected chi connectivity index (χ3v) is 5.09. The minimum absolute atomic E-state index is 0.0586. The van der Waals surface area contributed by atoms with Gasteiger partial charge < -0.3 is 4.74 Å². The second-order valence-electron chi connectivity index (χ2n) is 6.38. The molecule has 0 spiro atoms. The van der Waals surface area contributed by atoms with Gasteiger partial charge in [-0.15, -0.1) is 0 Å².